The van der Waals surface area contributed by atoms with Gasteiger partial charge in [0.1, 0.15) is 6.17 Å². The maximum absolute atomic E-state index is 14.2. The van der Waals surface area contributed by atoms with E-state index in [-0.39, 0.29) is 37.1 Å². The van der Waals surface area contributed by atoms with Crippen LogP contribution in [0.4, 0.5) is 17.6 Å². The second-order valence-corrected chi connectivity index (χ2v) is 9.71. The molecule has 0 unspecified atom stereocenters. The Labute approximate surface area is 185 Å². The van der Waals surface area contributed by atoms with Gasteiger partial charge in [0.05, 0.1) is 17.6 Å². The van der Waals surface area contributed by atoms with Crippen LogP contribution in [0, 0.1) is 11.3 Å². The molecule has 1 saturated carbocycles. The lowest BCUT2D eigenvalue weighted by Crippen LogP contribution is -2.50. The first-order valence-electron chi connectivity index (χ1n) is 11.4. The molecule has 3 aliphatic rings. The van der Waals surface area contributed by atoms with Crippen LogP contribution >= 0.6 is 0 Å². The molecule has 1 amide bonds. The molecule has 32 heavy (non-hydrogen) atoms. The van der Waals surface area contributed by atoms with E-state index < -0.39 is 23.3 Å². The molecule has 1 aromatic rings. The van der Waals surface area contributed by atoms with Crippen molar-refractivity contribution in [2.24, 2.45) is 11.3 Å². The average molecular weight is 458 g/mol. The van der Waals surface area contributed by atoms with Gasteiger partial charge in [0, 0.05) is 50.1 Å². The standard InChI is InChI=1S/C23H31F4N3O2/c1-14(2)22(6-3-17(10-22)29-20-5-8-32-13-18(20)24)21(31)30-7-4-19-15(12-30)9-16(11-28-19)23(25,26)27/h9,11,14,17-18,20,29H,3-8,10,12-13H2,1-2H3/t17-,18-,20-,22+/m1/s1. The van der Waals surface area contributed by atoms with E-state index in [0.717, 1.165) is 18.7 Å². The van der Waals surface area contributed by atoms with Gasteiger partial charge in [-0.05, 0) is 43.2 Å². The third-order valence-electron chi connectivity index (χ3n) is 7.47. The predicted molar refractivity (Wildman–Crippen MR) is 111 cm³/mol. The van der Waals surface area contributed by atoms with Crippen LogP contribution in [-0.2, 0) is 28.7 Å². The van der Waals surface area contributed by atoms with E-state index in [4.69, 9.17) is 4.74 Å². The van der Waals surface area contributed by atoms with Crippen molar-refractivity contribution in [2.45, 2.75) is 76.9 Å². The van der Waals surface area contributed by atoms with Crippen LogP contribution in [0.15, 0.2) is 12.3 Å². The van der Waals surface area contributed by atoms with Crippen molar-refractivity contribution >= 4 is 5.91 Å². The average Bonchev–Trinajstić information content (AvgIpc) is 3.19. The molecule has 2 aliphatic heterocycles. The summed E-state index contributed by atoms with van der Waals surface area (Å²) < 4.78 is 58.8. The molecule has 2 fully saturated rings. The van der Waals surface area contributed by atoms with E-state index in [1.54, 1.807) is 4.90 Å². The number of carbonyl (C=O) groups excluding carboxylic acids is 1. The van der Waals surface area contributed by atoms with E-state index in [9.17, 15) is 22.4 Å². The number of pyridine rings is 1. The number of rotatable bonds is 4. The van der Waals surface area contributed by atoms with Gasteiger partial charge in [-0.3, -0.25) is 9.78 Å². The number of ether oxygens (including phenoxy) is 1. The van der Waals surface area contributed by atoms with Crippen molar-refractivity contribution in [3.63, 3.8) is 0 Å². The maximum atomic E-state index is 14.2. The van der Waals surface area contributed by atoms with E-state index in [0.29, 0.717) is 50.1 Å². The number of aromatic nitrogens is 1. The minimum atomic E-state index is -4.46. The summed E-state index contributed by atoms with van der Waals surface area (Å²) in [5.74, 6) is 0.0577. The molecule has 9 heteroatoms. The largest absolute Gasteiger partial charge is 0.417 e. The summed E-state index contributed by atoms with van der Waals surface area (Å²) in [4.78, 5) is 19.4. The highest BCUT2D eigenvalue weighted by molar-refractivity contribution is 5.83. The number of alkyl halides is 4. The SMILES string of the molecule is CC(C)[C@]1(C(=O)N2CCc3ncc(C(F)(F)F)cc3C2)CC[C@@H](N[C@@H]2CCOC[C@H]2F)C1. The van der Waals surface area contributed by atoms with Gasteiger partial charge < -0.3 is 15.0 Å². The molecule has 4 rings (SSSR count). The molecule has 1 aliphatic carbocycles. The van der Waals surface area contributed by atoms with Gasteiger partial charge in [-0.25, -0.2) is 4.39 Å². The molecule has 0 radical (unpaired) electrons. The first-order chi connectivity index (χ1) is 15.1. The van der Waals surface area contributed by atoms with Gasteiger partial charge >= 0.3 is 6.18 Å². The number of hydrogen-bond donors (Lipinski definition) is 1. The molecule has 1 aromatic heterocycles. The van der Waals surface area contributed by atoms with Crippen LogP contribution in [0.2, 0.25) is 0 Å². The molecule has 0 aromatic carbocycles. The molecule has 1 saturated heterocycles. The zero-order chi connectivity index (χ0) is 23.1. The van der Waals surface area contributed by atoms with Crippen LogP contribution < -0.4 is 5.32 Å². The normalized spacial score (nSPS) is 31.1. The van der Waals surface area contributed by atoms with Crippen molar-refractivity contribution in [3.8, 4) is 0 Å². The topological polar surface area (TPSA) is 54.5 Å². The lowest BCUT2D eigenvalue weighted by atomic mass is 9.74. The summed E-state index contributed by atoms with van der Waals surface area (Å²) in [7, 11) is 0. The van der Waals surface area contributed by atoms with Crippen LogP contribution in [0.5, 0.6) is 0 Å². The second kappa shape index (κ2) is 8.89. The fourth-order valence-corrected chi connectivity index (χ4v) is 5.45. The fraction of sp³-hybridized carbons (Fsp3) is 0.739. The van der Waals surface area contributed by atoms with Gasteiger partial charge in [-0.2, -0.15) is 13.2 Å². The van der Waals surface area contributed by atoms with Crippen LogP contribution in [0.3, 0.4) is 0 Å². The van der Waals surface area contributed by atoms with E-state index in [2.05, 4.69) is 10.3 Å². The molecule has 0 spiro atoms. The first kappa shape index (κ1) is 23.4. The highest BCUT2D eigenvalue weighted by atomic mass is 19.4. The molecule has 1 N–H and O–H groups in total. The molecule has 5 nitrogen and oxygen atoms in total. The van der Waals surface area contributed by atoms with Crippen LogP contribution in [0.25, 0.3) is 0 Å². The van der Waals surface area contributed by atoms with Gasteiger partial charge in [-0.1, -0.05) is 13.8 Å². The smallest absolute Gasteiger partial charge is 0.378 e. The van der Waals surface area contributed by atoms with Gasteiger partial charge in [0.15, 0.2) is 0 Å². The van der Waals surface area contributed by atoms with Crippen molar-refractivity contribution in [1.82, 2.24) is 15.2 Å². The van der Waals surface area contributed by atoms with Crippen molar-refractivity contribution in [2.75, 3.05) is 19.8 Å². The van der Waals surface area contributed by atoms with E-state index >= 15 is 0 Å². The molecule has 3 heterocycles. The van der Waals surface area contributed by atoms with Crippen molar-refractivity contribution in [3.05, 3.63) is 29.1 Å². The van der Waals surface area contributed by atoms with Gasteiger partial charge in [0.2, 0.25) is 5.91 Å². The Kier molecular flexibility index (Phi) is 6.51. The lowest BCUT2D eigenvalue weighted by Gasteiger charge is -2.40. The Balaban J connectivity index is 1.48. The Morgan fingerprint density at radius 2 is 2.12 bits per heavy atom. The molecular weight excluding hydrogens is 426 g/mol. The fourth-order valence-electron chi connectivity index (χ4n) is 5.45. The quantitative estimate of drug-likeness (QED) is 0.697. The number of halogens is 4. The predicted octanol–water partition coefficient (Wildman–Crippen LogP) is 3.90. The molecule has 0 bridgehead atoms. The number of nitrogens with one attached hydrogen (secondary N) is 1. The summed E-state index contributed by atoms with van der Waals surface area (Å²) in [6, 6.07) is 0.897. The van der Waals surface area contributed by atoms with Crippen LogP contribution in [-0.4, -0.2) is 53.8 Å². The summed E-state index contributed by atoms with van der Waals surface area (Å²) >= 11 is 0. The number of carbonyl (C=O) groups is 1. The highest BCUT2D eigenvalue weighted by Crippen LogP contribution is 2.47. The lowest BCUT2D eigenvalue weighted by molar-refractivity contribution is -0.146. The third-order valence-corrected chi connectivity index (χ3v) is 7.47. The number of nitrogens with zero attached hydrogens (tertiary/aromatic N) is 2. The van der Waals surface area contributed by atoms with Crippen molar-refractivity contribution in [1.29, 1.82) is 0 Å². The van der Waals surface area contributed by atoms with E-state index in [1.165, 1.54) is 0 Å². The molecular formula is C23H31F4N3O2. The summed E-state index contributed by atoms with van der Waals surface area (Å²) in [6.45, 7) is 5.26. The van der Waals surface area contributed by atoms with E-state index in [1.807, 2.05) is 13.8 Å². The molecule has 178 valence electrons. The maximum Gasteiger partial charge on any atom is 0.417 e. The molecule has 4 atom stereocenters. The second-order valence-electron chi connectivity index (χ2n) is 9.71. The first-order valence-corrected chi connectivity index (χ1v) is 11.4. The zero-order valence-electron chi connectivity index (χ0n) is 18.6. The summed E-state index contributed by atoms with van der Waals surface area (Å²) in [5, 5.41) is 3.41. The minimum Gasteiger partial charge on any atom is -0.378 e. The minimum absolute atomic E-state index is 0.0105. The Hall–Kier alpha value is -1.74. The van der Waals surface area contributed by atoms with Gasteiger partial charge in [0.25, 0.3) is 0 Å². The van der Waals surface area contributed by atoms with Gasteiger partial charge in [-0.15, -0.1) is 0 Å². The zero-order valence-corrected chi connectivity index (χ0v) is 18.6. The highest BCUT2D eigenvalue weighted by Gasteiger charge is 2.50. The van der Waals surface area contributed by atoms with Crippen LogP contribution in [0.1, 0.15) is 56.4 Å². The Morgan fingerprint density at radius 1 is 1.34 bits per heavy atom. The Bertz CT molecular complexity index is 847. The number of fused-ring (bicyclic) bond motifs is 1. The number of amides is 1. The van der Waals surface area contributed by atoms with Crippen molar-refractivity contribution < 1.29 is 27.1 Å². The Morgan fingerprint density at radius 3 is 2.81 bits per heavy atom. The summed E-state index contributed by atoms with van der Waals surface area (Å²) in [6.07, 6.45) is -1.52. The third kappa shape index (κ3) is 4.51. The summed E-state index contributed by atoms with van der Waals surface area (Å²) in [5.41, 5.74) is -0.290. The number of hydrogen-bond acceptors (Lipinski definition) is 4. The monoisotopic (exact) mass is 457 g/mol.